The Morgan fingerprint density at radius 2 is 1.55 bits per heavy atom. The first-order valence-electron chi connectivity index (χ1n) is 10.6. The molecule has 2 aromatic rings. The van der Waals surface area contributed by atoms with Gasteiger partial charge in [0.2, 0.25) is 0 Å². The summed E-state index contributed by atoms with van der Waals surface area (Å²) in [5.41, 5.74) is 1.28. The van der Waals surface area contributed by atoms with Crippen LogP contribution in [0.1, 0.15) is 33.6 Å². The Morgan fingerprint density at radius 1 is 1.00 bits per heavy atom. The first-order valence-corrected chi connectivity index (χ1v) is 11.5. The summed E-state index contributed by atoms with van der Waals surface area (Å²) in [7, 11) is 0. The molecule has 2 N–H and O–H groups in total. The van der Waals surface area contributed by atoms with Crippen molar-refractivity contribution in [2.75, 3.05) is 4.90 Å². The van der Waals surface area contributed by atoms with Crippen molar-refractivity contribution in [1.82, 2.24) is 5.32 Å². The molecule has 2 amide bonds. The Bertz CT molecular complexity index is 1020. The number of fused-ring (bicyclic) bond motifs is 2. The van der Waals surface area contributed by atoms with E-state index in [1.807, 2.05) is 36.4 Å². The molecule has 174 valence electrons. The van der Waals surface area contributed by atoms with Crippen LogP contribution >= 0.6 is 11.8 Å². The van der Waals surface area contributed by atoms with Gasteiger partial charge in [0.1, 0.15) is 0 Å². The number of amides is 2. The highest BCUT2D eigenvalue weighted by Crippen LogP contribution is 2.48. The van der Waals surface area contributed by atoms with E-state index in [1.54, 1.807) is 32.9 Å². The van der Waals surface area contributed by atoms with E-state index >= 15 is 0 Å². The molecule has 0 radical (unpaired) electrons. The van der Waals surface area contributed by atoms with Gasteiger partial charge < -0.3 is 15.2 Å². The summed E-state index contributed by atoms with van der Waals surface area (Å²) in [5.74, 6) is -2.74. The van der Waals surface area contributed by atoms with Crippen molar-refractivity contribution >= 4 is 46.9 Å². The Kier molecular flexibility index (Phi) is 7.75. The minimum atomic E-state index is -1.22. The predicted molar refractivity (Wildman–Crippen MR) is 124 cm³/mol. The second kappa shape index (κ2) is 10.5. The van der Waals surface area contributed by atoms with Crippen LogP contribution < -0.4 is 10.2 Å². The highest BCUT2D eigenvalue weighted by atomic mass is 32.2. The summed E-state index contributed by atoms with van der Waals surface area (Å²) in [5, 5.41) is 11.6. The summed E-state index contributed by atoms with van der Waals surface area (Å²) >= 11 is 1.53. The van der Waals surface area contributed by atoms with Crippen LogP contribution in [0.2, 0.25) is 0 Å². The van der Waals surface area contributed by atoms with Crippen molar-refractivity contribution in [2.45, 2.75) is 55.5 Å². The number of carboxylic acids is 1. The van der Waals surface area contributed by atoms with Gasteiger partial charge in [0, 0.05) is 16.2 Å². The molecular formula is C24H26N2O6S. The molecule has 0 saturated carbocycles. The molecule has 1 unspecified atom stereocenters. The van der Waals surface area contributed by atoms with Crippen LogP contribution in [0.4, 0.5) is 16.2 Å². The van der Waals surface area contributed by atoms with Gasteiger partial charge in [-0.1, -0.05) is 56.8 Å². The van der Waals surface area contributed by atoms with E-state index in [4.69, 9.17) is 9.84 Å². The number of carboxylic acid groups (broad SMARTS) is 1. The number of Topliss-reactive ketones (excluding diaryl/α,β-unsaturated/α-hetero) is 1. The van der Waals surface area contributed by atoms with Gasteiger partial charge in [-0.3, -0.25) is 14.4 Å². The maximum absolute atomic E-state index is 13.3. The Hall–Kier alpha value is -3.33. The van der Waals surface area contributed by atoms with Crippen LogP contribution in [-0.4, -0.2) is 41.0 Å². The van der Waals surface area contributed by atoms with Crippen LogP contribution in [0.25, 0.3) is 0 Å². The first kappa shape index (κ1) is 24.3. The van der Waals surface area contributed by atoms with E-state index in [-0.39, 0.29) is 6.42 Å². The second-order valence-electron chi connectivity index (χ2n) is 7.90. The molecule has 33 heavy (non-hydrogen) atoms. The molecule has 0 spiro atoms. The van der Waals surface area contributed by atoms with E-state index in [9.17, 15) is 19.2 Å². The quantitative estimate of drug-likeness (QED) is 0.588. The van der Waals surface area contributed by atoms with Crippen molar-refractivity contribution in [1.29, 1.82) is 0 Å². The molecule has 8 nitrogen and oxygen atoms in total. The number of nitrogens with one attached hydrogen (secondary N) is 1. The molecule has 1 heterocycles. The molecule has 3 rings (SSSR count). The second-order valence-corrected chi connectivity index (χ2v) is 8.98. The topological polar surface area (TPSA) is 113 Å². The molecule has 2 aromatic carbocycles. The highest BCUT2D eigenvalue weighted by Gasteiger charge is 2.35. The SMILES string of the molecule is CCC(=O)C(CC(=O)O)NC(=O)[C@@H](OC(=O)N1c2ccccc2Sc2ccccc21)C(C)C. The Balaban J connectivity index is 1.86. The average molecular weight is 471 g/mol. The van der Waals surface area contributed by atoms with E-state index in [2.05, 4.69) is 5.32 Å². The van der Waals surface area contributed by atoms with E-state index in [0.29, 0.717) is 11.4 Å². The molecule has 0 bridgehead atoms. The number of rotatable bonds is 8. The lowest BCUT2D eigenvalue weighted by molar-refractivity contribution is -0.141. The number of hydrogen-bond donors (Lipinski definition) is 2. The van der Waals surface area contributed by atoms with Gasteiger partial charge >= 0.3 is 12.1 Å². The van der Waals surface area contributed by atoms with Crippen LogP contribution in [0.3, 0.4) is 0 Å². The Labute approximate surface area is 196 Å². The Morgan fingerprint density at radius 3 is 2.03 bits per heavy atom. The number of carbonyl (C=O) groups excluding carboxylic acids is 3. The fourth-order valence-electron chi connectivity index (χ4n) is 3.48. The fraction of sp³-hybridized carbons (Fsp3) is 0.333. The summed E-state index contributed by atoms with van der Waals surface area (Å²) < 4.78 is 5.65. The lowest BCUT2D eigenvalue weighted by Crippen LogP contribution is -2.50. The lowest BCUT2D eigenvalue weighted by Gasteiger charge is -2.32. The minimum absolute atomic E-state index is 0.0728. The number of hydrogen-bond acceptors (Lipinski definition) is 6. The van der Waals surface area contributed by atoms with Gasteiger partial charge in [-0.2, -0.15) is 0 Å². The minimum Gasteiger partial charge on any atom is -0.481 e. The van der Waals surface area contributed by atoms with Crippen molar-refractivity contribution in [2.24, 2.45) is 5.92 Å². The molecule has 2 atom stereocenters. The summed E-state index contributed by atoms with van der Waals surface area (Å²) in [6.45, 7) is 5.01. The van der Waals surface area contributed by atoms with Gasteiger partial charge in [0.05, 0.1) is 23.8 Å². The molecule has 1 aliphatic rings. The van der Waals surface area contributed by atoms with Crippen LogP contribution in [0, 0.1) is 5.92 Å². The van der Waals surface area contributed by atoms with Gasteiger partial charge in [0.15, 0.2) is 11.9 Å². The van der Waals surface area contributed by atoms with Gasteiger partial charge in [-0.05, 0) is 30.2 Å². The van der Waals surface area contributed by atoms with Crippen LogP contribution in [0.5, 0.6) is 0 Å². The number of benzene rings is 2. The van der Waals surface area contributed by atoms with E-state index < -0.39 is 48.2 Å². The van der Waals surface area contributed by atoms with Crippen molar-refractivity contribution in [3.8, 4) is 0 Å². The molecule has 0 aliphatic carbocycles. The largest absolute Gasteiger partial charge is 0.481 e. The third-order valence-electron chi connectivity index (χ3n) is 5.14. The zero-order chi connectivity index (χ0) is 24.1. The number of anilines is 2. The molecular weight excluding hydrogens is 444 g/mol. The standard InChI is InChI=1S/C24H26N2O6S/c1-4-18(27)15(13-21(28)29)25-23(30)22(14(2)3)32-24(31)26-16-9-5-7-11-19(16)33-20-12-8-6-10-17(20)26/h5-12,14-15,22H,4,13H2,1-3H3,(H,25,30)(H,28,29)/t15?,22-/m0/s1. The highest BCUT2D eigenvalue weighted by molar-refractivity contribution is 7.99. The van der Waals surface area contributed by atoms with Crippen molar-refractivity contribution in [3.63, 3.8) is 0 Å². The number of nitrogens with zero attached hydrogens (tertiary/aromatic N) is 1. The van der Waals surface area contributed by atoms with E-state index in [1.165, 1.54) is 16.7 Å². The fourth-order valence-corrected chi connectivity index (χ4v) is 4.53. The summed E-state index contributed by atoms with van der Waals surface area (Å²) in [6.07, 6.45) is -2.42. The van der Waals surface area contributed by atoms with Crippen molar-refractivity contribution in [3.05, 3.63) is 48.5 Å². The number of para-hydroxylation sites is 2. The average Bonchev–Trinajstić information content (AvgIpc) is 2.79. The van der Waals surface area contributed by atoms with Crippen LogP contribution in [-0.2, 0) is 19.1 Å². The summed E-state index contributed by atoms with van der Waals surface area (Å²) in [4.78, 5) is 52.7. The lowest BCUT2D eigenvalue weighted by atomic mass is 10.0. The zero-order valence-electron chi connectivity index (χ0n) is 18.6. The number of ether oxygens (including phenoxy) is 1. The third kappa shape index (κ3) is 5.54. The van der Waals surface area contributed by atoms with Gasteiger partial charge in [0.25, 0.3) is 5.91 Å². The molecule has 9 heteroatoms. The normalized spacial score (nSPS) is 14.0. The monoisotopic (exact) mass is 470 g/mol. The zero-order valence-corrected chi connectivity index (χ0v) is 19.4. The first-order chi connectivity index (χ1) is 15.7. The number of aliphatic carboxylic acids is 1. The summed E-state index contributed by atoms with van der Waals surface area (Å²) in [6, 6.07) is 13.6. The van der Waals surface area contributed by atoms with Gasteiger partial charge in [-0.15, -0.1) is 0 Å². The maximum Gasteiger partial charge on any atom is 0.419 e. The van der Waals surface area contributed by atoms with Crippen molar-refractivity contribution < 1.29 is 29.0 Å². The molecule has 1 aliphatic heterocycles. The van der Waals surface area contributed by atoms with Crippen LogP contribution in [0.15, 0.2) is 58.3 Å². The van der Waals surface area contributed by atoms with Gasteiger partial charge in [-0.25, -0.2) is 9.69 Å². The van der Waals surface area contributed by atoms with E-state index in [0.717, 1.165) is 9.79 Å². The molecule has 0 aromatic heterocycles. The number of carbonyl (C=O) groups is 4. The number of ketones is 1. The molecule has 0 saturated heterocycles. The third-order valence-corrected chi connectivity index (χ3v) is 6.27. The predicted octanol–water partition coefficient (Wildman–Crippen LogP) is 4.39. The molecule has 0 fully saturated rings. The maximum atomic E-state index is 13.3. The smallest absolute Gasteiger partial charge is 0.419 e.